The highest BCUT2D eigenvalue weighted by Crippen LogP contribution is 2.23. The van der Waals surface area contributed by atoms with Crippen molar-refractivity contribution in [3.05, 3.63) is 0 Å². The summed E-state index contributed by atoms with van der Waals surface area (Å²) in [5.74, 6) is -1.35. The lowest BCUT2D eigenvalue weighted by Gasteiger charge is -2.34. The molecule has 19 heavy (non-hydrogen) atoms. The molecule has 1 aliphatic rings. The van der Waals surface area contributed by atoms with Crippen LogP contribution in [0, 0.1) is 0 Å². The molecule has 108 valence electrons. The Labute approximate surface area is 111 Å². The summed E-state index contributed by atoms with van der Waals surface area (Å²) in [7, 11) is 0. The first-order chi connectivity index (χ1) is 8.88. The quantitative estimate of drug-likeness (QED) is 0.546. The molecule has 0 spiro atoms. The smallest absolute Gasteiger partial charge is 0.304 e. The molecule has 1 fully saturated rings. The molecule has 0 bridgehead atoms. The highest BCUT2D eigenvalue weighted by Gasteiger charge is 2.35. The molecule has 1 heterocycles. The maximum Gasteiger partial charge on any atom is 0.304 e. The van der Waals surface area contributed by atoms with Crippen molar-refractivity contribution in [1.29, 1.82) is 0 Å². The second kappa shape index (κ2) is 7.08. The summed E-state index contributed by atoms with van der Waals surface area (Å²) in [6, 6.07) is 0. The van der Waals surface area contributed by atoms with Crippen molar-refractivity contribution in [1.82, 2.24) is 0 Å². The molecule has 0 aliphatic carbocycles. The number of esters is 3. The zero-order valence-electron chi connectivity index (χ0n) is 11.2. The van der Waals surface area contributed by atoms with E-state index in [4.69, 9.17) is 18.9 Å². The van der Waals surface area contributed by atoms with Crippen molar-refractivity contribution in [2.75, 3.05) is 6.61 Å². The van der Waals surface area contributed by atoms with Crippen LogP contribution in [0.3, 0.4) is 0 Å². The first-order valence-electron chi connectivity index (χ1n) is 6.01. The van der Waals surface area contributed by atoms with Crippen LogP contribution < -0.4 is 0 Å². The van der Waals surface area contributed by atoms with Gasteiger partial charge in [0, 0.05) is 27.2 Å². The number of ether oxygens (including phenoxy) is 4. The summed E-state index contributed by atoms with van der Waals surface area (Å²) in [5.41, 5.74) is 0. The molecule has 1 rings (SSSR count). The second-order valence-corrected chi connectivity index (χ2v) is 4.24. The second-order valence-electron chi connectivity index (χ2n) is 4.24. The van der Waals surface area contributed by atoms with Crippen molar-refractivity contribution in [2.24, 2.45) is 0 Å². The Hall–Kier alpha value is -1.63. The van der Waals surface area contributed by atoms with E-state index in [0.29, 0.717) is 12.8 Å². The van der Waals surface area contributed by atoms with Crippen LogP contribution in [0.1, 0.15) is 33.6 Å². The average Bonchev–Trinajstić information content (AvgIpc) is 2.27. The Balaban J connectivity index is 2.59. The molecule has 7 heteroatoms. The van der Waals surface area contributed by atoms with Crippen LogP contribution in [0.25, 0.3) is 0 Å². The van der Waals surface area contributed by atoms with Crippen molar-refractivity contribution >= 4 is 17.9 Å². The predicted octanol–water partition coefficient (Wildman–Crippen LogP) is 0.549. The molecule has 0 aromatic carbocycles. The first-order valence-corrected chi connectivity index (χ1v) is 6.01. The van der Waals surface area contributed by atoms with E-state index in [9.17, 15) is 14.4 Å². The van der Waals surface area contributed by atoms with Crippen LogP contribution in [0.5, 0.6) is 0 Å². The fourth-order valence-electron chi connectivity index (χ4n) is 1.80. The van der Waals surface area contributed by atoms with E-state index < -0.39 is 36.4 Å². The van der Waals surface area contributed by atoms with Crippen LogP contribution in [0.2, 0.25) is 0 Å². The Kier molecular flexibility index (Phi) is 5.75. The van der Waals surface area contributed by atoms with Gasteiger partial charge in [-0.25, -0.2) is 0 Å². The van der Waals surface area contributed by atoms with Gasteiger partial charge in [0.25, 0.3) is 0 Å². The molecule has 3 atom stereocenters. The Morgan fingerprint density at radius 3 is 2.16 bits per heavy atom. The summed E-state index contributed by atoms with van der Waals surface area (Å²) in [6.45, 7) is 3.79. The molecule has 0 aromatic heterocycles. The summed E-state index contributed by atoms with van der Waals surface area (Å²) in [6.07, 6.45) is -0.947. The third kappa shape index (κ3) is 5.69. The van der Waals surface area contributed by atoms with Crippen LogP contribution in [0.4, 0.5) is 0 Å². The van der Waals surface area contributed by atoms with Crippen molar-refractivity contribution in [3.8, 4) is 0 Å². The molecule has 0 radical (unpaired) electrons. The zero-order valence-corrected chi connectivity index (χ0v) is 11.2. The number of rotatable bonds is 4. The molecule has 0 unspecified atom stereocenters. The highest BCUT2D eigenvalue weighted by molar-refractivity contribution is 5.67. The summed E-state index contributed by atoms with van der Waals surface area (Å²) < 4.78 is 20.3. The summed E-state index contributed by atoms with van der Waals surface area (Å²) >= 11 is 0. The van der Waals surface area contributed by atoms with Crippen molar-refractivity contribution in [3.63, 3.8) is 0 Å². The van der Waals surface area contributed by atoms with Gasteiger partial charge in [-0.2, -0.15) is 0 Å². The van der Waals surface area contributed by atoms with Crippen LogP contribution in [-0.4, -0.2) is 43.0 Å². The lowest BCUT2D eigenvalue weighted by atomic mass is 10.1. The van der Waals surface area contributed by atoms with E-state index in [2.05, 4.69) is 0 Å². The van der Waals surface area contributed by atoms with Crippen LogP contribution in [0.15, 0.2) is 0 Å². The molecule has 0 saturated carbocycles. The lowest BCUT2D eigenvalue weighted by Crippen LogP contribution is -2.45. The lowest BCUT2D eigenvalue weighted by molar-refractivity contribution is -0.234. The SMILES string of the molecule is CC(=O)OC[C@@H]1O[C@@H](OC(C)=O)CC[C@H]1OC(C)=O. The summed E-state index contributed by atoms with van der Waals surface area (Å²) in [5, 5.41) is 0. The standard InChI is InChI=1S/C12H18O7/c1-7(13)16-6-11-10(17-8(2)14)4-5-12(19-11)18-9(3)15/h10-12H,4-6H2,1-3H3/t10-,11+,12-/m1/s1. The Morgan fingerprint density at radius 2 is 1.63 bits per heavy atom. The van der Waals surface area contributed by atoms with Crippen molar-refractivity contribution < 1.29 is 33.3 Å². The minimum absolute atomic E-state index is 0.0506. The topological polar surface area (TPSA) is 88.1 Å². The van der Waals surface area contributed by atoms with E-state index in [1.54, 1.807) is 0 Å². The normalized spacial score (nSPS) is 26.4. The summed E-state index contributed by atoms with van der Waals surface area (Å²) in [4.78, 5) is 32.7. The molecule has 0 amide bonds. The molecule has 7 nitrogen and oxygen atoms in total. The van der Waals surface area contributed by atoms with Gasteiger partial charge < -0.3 is 18.9 Å². The van der Waals surface area contributed by atoms with Crippen LogP contribution >= 0.6 is 0 Å². The van der Waals surface area contributed by atoms with E-state index in [1.807, 2.05) is 0 Å². The van der Waals surface area contributed by atoms with Gasteiger partial charge in [0.15, 0.2) is 0 Å². The van der Waals surface area contributed by atoms with E-state index in [-0.39, 0.29) is 6.61 Å². The van der Waals surface area contributed by atoms with Gasteiger partial charge in [0.05, 0.1) is 0 Å². The maximum atomic E-state index is 11.0. The van der Waals surface area contributed by atoms with Gasteiger partial charge in [0.2, 0.25) is 6.29 Å². The minimum atomic E-state index is -0.704. The van der Waals surface area contributed by atoms with Gasteiger partial charge in [-0.05, 0) is 6.42 Å². The number of carbonyl (C=O) groups excluding carboxylic acids is 3. The fraction of sp³-hybridized carbons (Fsp3) is 0.750. The number of hydrogen-bond acceptors (Lipinski definition) is 7. The van der Waals surface area contributed by atoms with Crippen molar-refractivity contribution in [2.45, 2.75) is 52.1 Å². The number of hydrogen-bond donors (Lipinski definition) is 0. The monoisotopic (exact) mass is 274 g/mol. The number of carbonyl (C=O) groups is 3. The van der Waals surface area contributed by atoms with Gasteiger partial charge in [-0.3, -0.25) is 14.4 Å². The highest BCUT2D eigenvalue weighted by atomic mass is 16.7. The van der Waals surface area contributed by atoms with E-state index in [0.717, 1.165) is 0 Å². The fourth-order valence-corrected chi connectivity index (χ4v) is 1.80. The Morgan fingerprint density at radius 1 is 1.00 bits per heavy atom. The largest absolute Gasteiger partial charge is 0.463 e. The maximum absolute atomic E-state index is 11.0. The average molecular weight is 274 g/mol. The molecular weight excluding hydrogens is 256 g/mol. The molecule has 1 aliphatic heterocycles. The molecular formula is C12H18O7. The van der Waals surface area contributed by atoms with Gasteiger partial charge >= 0.3 is 17.9 Å². The third-order valence-electron chi connectivity index (χ3n) is 2.49. The third-order valence-corrected chi connectivity index (χ3v) is 2.49. The molecule has 0 aromatic rings. The molecule has 0 N–H and O–H groups in total. The van der Waals surface area contributed by atoms with Gasteiger partial charge in [-0.1, -0.05) is 0 Å². The molecule has 1 saturated heterocycles. The predicted molar refractivity (Wildman–Crippen MR) is 61.8 cm³/mol. The van der Waals surface area contributed by atoms with Gasteiger partial charge in [-0.15, -0.1) is 0 Å². The van der Waals surface area contributed by atoms with E-state index in [1.165, 1.54) is 20.8 Å². The zero-order chi connectivity index (χ0) is 14.4. The minimum Gasteiger partial charge on any atom is -0.463 e. The Bertz CT molecular complexity index is 352. The van der Waals surface area contributed by atoms with Gasteiger partial charge in [0.1, 0.15) is 18.8 Å². The first kappa shape index (κ1) is 15.4. The van der Waals surface area contributed by atoms with E-state index >= 15 is 0 Å². The van der Waals surface area contributed by atoms with Crippen LogP contribution in [-0.2, 0) is 33.3 Å².